The normalized spacial score (nSPS) is 24.8. The molecule has 0 aliphatic heterocycles. The Balaban J connectivity index is 2.10. The van der Waals surface area contributed by atoms with Crippen LogP contribution in [-0.4, -0.2) is 15.3 Å². The average molecular weight is 245 g/mol. The van der Waals surface area contributed by atoms with E-state index in [1.54, 1.807) is 0 Å². The molecule has 2 aliphatic rings. The molecule has 0 amide bonds. The number of nitrogens with zero attached hydrogens (tertiary/aromatic N) is 2. The van der Waals surface area contributed by atoms with Crippen LogP contribution in [0, 0.1) is 0 Å². The standard InChI is InChI=1S/C11H14F3N3/c1-17-6-7(8(16-17)11(12,13)14)9(2-3-9)10(15)4-5-10/h6H,2-5,15H2,1H3. The van der Waals surface area contributed by atoms with Gasteiger partial charge in [-0.25, -0.2) is 0 Å². The van der Waals surface area contributed by atoms with Crippen LogP contribution in [-0.2, 0) is 18.6 Å². The lowest BCUT2D eigenvalue weighted by molar-refractivity contribution is -0.142. The maximum absolute atomic E-state index is 12.9. The van der Waals surface area contributed by atoms with E-state index in [1.165, 1.54) is 17.9 Å². The molecule has 0 unspecified atom stereocenters. The van der Waals surface area contributed by atoms with Gasteiger partial charge in [0.05, 0.1) is 0 Å². The van der Waals surface area contributed by atoms with Crippen LogP contribution in [0.5, 0.6) is 0 Å². The Morgan fingerprint density at radius 1 is 1.29 bits per heavy atom. The van der Waals surface area contributed by atoms with E-state index in [1.807, 2.05) is 0 Å². The molecule has 17 heavy (non-hydrogen) atoms. The molecule has 94 valence electrons. The van der Waals surface area contributed by atoms with Crippen LogP contribution >= 0.6 is 0 Å². The Labute approximate surface area is 96.8 Å². The summed E-state index contributed by atoms with van der Waals surface area (Å²) < 4.78 is 40.0. The van der Waals surface area contributed by atoms with Crippen molar-refractivity contribution in [3.05, 3.63) is 17.5 Å². The molecule has 3 rings (SSSR count). The minimum absolute atomic E-state index is 0.299. The Kier molecular flexibility index (Phi) is 1.86. The Bertz CT molecular complexity index is 467. The molecule has 2 aliphatic carbocycles. The van der Waals surface area contributed by atoms with Crippen molar-refractivity contribution < 1.29 is 13.2 Å². The fourth-order valence-electron chi connectivity index (χ4n) is 2.82. The van der Waals surface area contributed by atoms with Gasteiger partial charge in [-0.3, -0.25) is 4.68 Å². The summed E-state index contributed by atoms with van der Waals surface area (Å²) in [4.78, 5) is 0. The largest absolute Gasteiger partial charge is 0.435 e. The molecule has 3 nitrogen and oxygen atoms in total. The van der Waals surface area contributed by atoms with Gasteiger partial charge in [0.25, 0.3) is 0 Å². The van der Waals surface area contributed by atoms with Crippen LogP contribution < -0.4 is 5.73 Å². The van der Waals surface area contributed by atoms with Crippen molar-refractivity contribution in [1.82, 2.24) is 9.78 Å². The molecule has 1 aromatic rings. The highest BCUT2D eigenvalue weighted by Crippen LogP contribution is 2.64. The number of aryl methyl sites for hydroxylation is 1. The van der Waals surface area contributed by atoms with E-state index in [9.17, 15) is 13.2 Å². The predicted molar refractivity (Wildman–Crippen MR) is 55.3 cm³/mol. The van der Waals surface area contributed by atoms with Gasteiger partial charge >= 0.3 is 6.18 Å². The number of aromatic nitrogens is 2. The van der Waals surface area contributed by atoms with Crippen molar-refractivity contribution in [2.24, 2.45) is 12.8 Å². The average Bonchev–Trinajstić information content (AvgIpc) is 3.08. The molecule has 6 heteroatoms. The van der Waals surface area contributed by atoms with Gasteiger partial charge in [0, 0.05) is 29.8 Å². The molecule has 0 radical (unpaired) electrons. The third kappa shape index (κ3) is 1.43. The van der Waals surface area contributed by atoms with Gasteiger partial charge in [-0.2, -0.15) is 18.3 Å². The predicted octanol–water partition coefficient (Wildman–Crippen LogP) is 1.96. The number of halogens is 3. The fourth-order valence-corrected chi connectivity index (χ4v) is 2.82. The first-order valence-corrected chi connectivity index (χ1v) is 5.69. The smallest absolute Gasteiger partial charge is 0.324 e. The third-order valence-corrected chi connectivity index (χ3v) is 4.10. The Hall–Kier alpha value is -1.04. The van der Waals surface area contributed by atoms with Crippen LogP contribution in [0.4, 0.5) is 13.2 Å². The van der Waals surface area contributed by atoms with Gasteiger partial charge in [-0.15, -0.1) is 0 Å². The maximum Gasteiger partial charge on any atom is 0.435 e. The van der Waals surface area contributed by atoms with Crippen LogP contribution in [0.3, 0.4) is 0 Å². The number of rotatable bonds is 2. The van der Waals surface area contributed by atoms with E-state index in [2.05, 4.69) is 5.10 Å². The van der Waals surface area contributed by atoms with Crippen molar-refractivity contribution in [2.75, 3.05) is 0 Å². The van der Waals surface area contributed by atoms with Crippen molar-refractivity contribution in [1.29, 1.82) is 0 Å². The minimum Gasteiger partial charge on any atom is -0.324 e. The molecule has 0 aromatic carbocycles. The quantitative estimate of drug-likeness (QED) is 0.865. The first kappa shape index (κ1) is 11.1. The SMILES string of the molecule is Cn1cc(C2(C3(N)CC3)CC2)c(C(F)(F)F)n1. The monoisotopic (exact) mass is 245 g/mol. The van der Waals surface area contributed by atoms with Crippen molar-refractivity contribution in [2.45, 2.75) is 42.8 Å². The number of hydrogen-bond acceptors (Lipinski definition) is 2. The highest BCUT2D eigenvalue weighted by Gasteiger charge is 2.66. The second-order valence-electron chi connectivity index (χ2n) is 5.30. The van der Waals surface area contributed by atoms with Crippen LogP contribution in [0.15, 0.2) is 6.20 Å². The Morgan fingerprint density at radius 3 is 2.29 bits per heavy atom. The van der Waals surface area contributed by atoms with Crippen LogP contribution in [0.25, 0.3) is 0 Å². The summed E-state index contributed by atoms with van der Waals surface area (Å²) in [6, 6.07) is 0. The lowest BCUT2D eigenvalue weighted by Gasteiger charge is -2.23. The van der Waals surface area contributed by atoms with E-state index >= 15 is 0 Å². The van der Waals surface area contributed by atoms with Gasteiger partial charge in [0.2, 0.25) is 0 Å². The topological polar surface area (TPSA) is 43.8 Å². The number of hydrogen-bond donors (Lipinski definition) is 1. The first-order chi connectivity index (χ1) is 7.79. The summed E-state index contributed by atoms with van der Waals surface area (Å²) in [5.74, 6) is 0. The Morgan fingerprint density at radius 2 is 1.88 bits per heavy atom. The van der Waals surface area contributed by atoms with E-state index < -0.39 is 22.8 Å². The zero-order chi connectivity index (χ0) is 12.5. The van der Waals surface area contributed by atoms with E-state index in [0.717, 1.165) is 25.7 Å². The van der Waals surface area contributed by atoms with E-state index in [-0.39, 0.29) is 0 Å². The van der Waals surface area contributed by atoms with Gasteiger partial charge < -0.3 is 5.73 Å². The molecule has 2 N–H and O–H groups in total. The summed E-state index contributed by atoms with van der Waals surface area (Å²) in [5, 5.41) is 3.57. The van der Waals surface area contributed by atoms with Crippen LogP contribution in [0.2, 0.25) is 0 Å². The van der Waals surface area contributed by atoms with E-state index in [0.29, 0.717) is 5.56 Å². The third-order valence-electron chi connectivity index (χ3n) is 4.10. The molecular formula is C11H14F3N3. The number of nitrogens with two attached hydrogens (primary N) is 1. The second-order valence-corrected chi connectivity index (χ2v) is 5.30. The van der Waals surface area contributed by atoms with Gasteiger partial charge in [0.1, 0.15) is 0 Å². The summed E-state index contributed by atoms with van der Waals surface area (Å²) >= 11 is 0. The molecule has 0 bridgehead atoms. The zero-order valence-electron chi connectivity index (χ0n) is 9.51. The molecular weight excluding hydrogens is 231 g/mol. The van der Waals surface area contributed by atoms with Crippen LogP contribution in [0.1, 0.15) is 36.9 Å². The zero-order valence-corrected chi connectivity index (χ0v) is 9.51. The molecule has 0 spiro atoms. The minimum atomic E-state index is -4.39. The molecule has 0 atom stereocenters. The molecule has 2 saturated carbocycles. The number of alkyl halides is 3. The van der Waals surface area contributed by atoms with Crippen molar-refractivity contribution in [3.8, 4) is 0 Å². The molecule has 0 saturated heterocycles. The second kappa shape index (κ2) is 2.85. The summed E-state index contributed by atoms with van der Waals surface area (Å²) in [5.41, 5.74) is 4.79. The lowest BCUT2D eigenvalue weighted by atomic mass is 9.86. The first-order valence-electron chi connectivity index (χ1n) is 5.69. The van der Waals surface area contributed by atoms with Gasteiger partial charge in [-0.05, 0) is 25.7 Å². The van der Waals surface area contributed by atoms with Crippen molar-refractivity contribution in [3.63, 3.8) is 0 Å². The van der Waals surface area contributed by atoms with Gasteiger partial charge in [0.15, 0.2) is 5.69 Å². The maximum atomic E-state index is 12.9. The molecule has 1 aromatic heterocycles. The van der Waals surface area contributed by atoms with E-state index in [4.69, 9.17) is 5.73 Å². The summed E-state index contributed by atoms with van der Waals surface area (Å²) in [6.07, 6.45) is 0.231. The van der Waals surface area contributed by atoms with Crippen molar-refractivity contribution >= 4 is 0 Å². The molecule has 1 heterocycles. The fraction of sp³-hybridized carbons (Fsp3) is 0.727. The summed E-state index contributed by atoms with van der Waals surface area (Å²) in [6.45, 7) is 0. The highest BCUT2D eigenvalue weighted by molar-refractivity contribution is 5.43. The molecule has 2 fully saturated rings. The summed E-state index contributed by atoms with van der Waals surface area (Å²) in [7, 11) is 1.52. The highest BCUT2D eigenvalue weighted by atomic mass is 19.4. The lowest BCUT2D eigenvalue weighted by Crippen LogP contribution is -2.38. The van der Waals surface area contributed by atoms with Gasteiger partial charge in [-0.1, -0.05) is 0 Å².